The fourth-order valence-corrected chi connectivity index (χ4v) is 1.61. The zero-order valence-electron chi connectivity index (χ0n) is 9.92. The molecule has 1 aromatic carbocycles. The Labute approximate surface area is 111 Å². The van der Waals surface area contributed by atoms with Crippen molar-refractivity contribution in [3.05, 3.63) is 41.2 Å². The van der Waals surface area contributed by atoms with Gasteiger partial charge < -0.3 is 10.5 Å². The Balaban J connectivity index is 1.71. The summed E-state index contributed by atoms with van der Waals surface area (Å²) in [6, 6.07) is 7.32. The normalized spacial score (nSPS) is 10.6. The number of ether oxygens (including phenoxy) is 1. The number of halogens is 1. The molecule has 0 fully saturated rings. The van der Waals surface area contributed by atoms with Crippen molar-refractivity contribution in [1.29, 1.82) is 0 Å². The van der Waals surface area contributed by atoms with E-state index in [0.29, 0.717) is 18.2 Å². The van der Waals surface area contributed by atoms with E-state index in [1.54, 1.807) is 4.68 Å². The van der Waals surface area contributed by atoms with Crippen molar-refractivity contribution in [2.75, 3.05) is 6.61 Å². The van der Waals surface area contributed by atoms with Crippen LogP contribution in [-0.2, 0) is 13.1 Å². The van der Waals surface area contributed by atoms with Crippen LogP contribution in [-0.4, -0.2) is 21.6 Å². The van der Waals surface area contributed by atoms with Gasteiger partial charge in [-0.15, -0.1) is 5.10 Å². The molecule has 2 aromatic rings. The molecule has 0 unspecified atom stereocenters. The first kappa shape index (κ1) is 12.9. The van der Waals surface area contributed by atoms with E-state index < -0.39 is 0 Å². The number of hydrogen-bond donors (Lipinski definition) is 1. The summed E-state index contributed by atoms with van der Waals surface area (Å²) in [4.78, 5) is 0. The third kappa shape index (κ3) is 3.72. The van der Waals surface area contributed by atoms with Gasteiger partial charge in [-0.3, -0.25) is 4.68 Å². The summed E-state index contributed by atoms with van der Waals surface area (Å²) in [5, 5.41) is 8.58. The third-order valence-electron chi connectivity index (χ3n) is 2.41. The van der Waals surface area contributed by atoms with Crippen molar-refractivity contribution in [2.45, 2.75) is 19.5 Å². The van der Waals surface area contributed by atoms with E-state index in [0.717, 1.165) is 24.4 Å². The molecule has 6 heteroatoms. The lowest BCUT2D eigenvalue weighted by Gasteiger charge is -2.05. The van der Waals surface area contributed by atoms with Crippen LogP contribution in [0.4, 0.5) is 0 Å². The molecule has 0 saturated heterocycles. The third-order valence-corrected chi connectivity index (χ3v) is 2.66. The molecule has 5 nitrogen and oxygen atoms in total. The molecule has 1 heterocycles. The molecular formula is C12H15ClN4O. The Morgan fingerprint density at radius 2 is 2.06 bits per heavy atom. The molecule has 2 N–H and O–H groups in total. The van der Waals surface area contributed by atoms with Gasteiger partial charge in [0, 0.05) is 30.7 Å². The lowest BCUT2D eigenvalue weighted by Crippen LogP contribution is -2.05. The van der Waals surface area contributed by atoms with E-state index in [1.165, 1.54) is 0 Å². The van der Waals surface area contributed by atoms with Crippen LogP contribution in [0.2, 0.25) is 5.02 Å². The van der Waals surface area contributed by atoms with Crippen LogP contribution in [0.25, 0.3) is 0 Å². The molecule has 0 bridgehead atoms. The Kier molecular flexibility index (Phi) is 4.55. The lowest BCUT2D eigenvalue weighted by molar-refractivity contribution is 0.298. The zero-order chi connectivity index (χ0) is 12.8. The van der Waals surface area contributed by atoms with Gasteiger partial charge in [-0.2, -0.15) is 0 Å². The van der Waals surface area contributed by atoms with Crippen LogP contribution in [0.1, 0.15) is 12.1 Å². The highest BCUT2D eigenvalue weighted by Crippen LogP contribution is 2.15. The van der Waals surface area contributed by atoms with Crippen molar-refractivity contribution in [2.24, 2.45) is 5.73 Å². The summed E-state index contributed by atoms with van der Waals surface area (Å²) in [7, 11) is 0. The summed E-state index contributed by atoms with van der Waals surface area (Å²) in [6.07, 6.45) is 2.71. The second-order valence-electron chi connectivity index (χ2n) is 3.83. The highest BCUT2D eigenvalue weighted by molar-refractivity contribution is 6.30. The van der Waals surface area contributed by atoms with E-state index in [-0.39, 0.29) is 0 Å². The van der Waals surface area contributed by atoms with Crippen LogP contribution in [0.15, 0.2) is 30.5 Å². The van der Waals surface area contributed by atoms with Gasteiger partial charge in [-0.1, -0.05) is 16.8 Å². The number of nitrogens with zero attached hydrogens (tertiary/aromatic N) is 3. The van der Waals surface area contributed by atoms with Gasteiger partial charge in [0.1, 0.15) is 5.75 Å². The average molecular weight is 267 g/mol. The lowest BCUT2D eigenvalue weighted by atomic mass is 10.3. The maximum atomic E-state index is 5.78. The summed E-state index contributed by atoms with van der Waals surface area (Å²) >= 11 is 5.78. The Morgan fingerprint density at radius 1 is 1.28 bits per heavy atom. The summed E-state index contributed by atoms with van der Waals surface area (Å²) in [5.74, 6) is 0.820. The van der Waals surface area contributed by atoms with Gasteiger partial charge in [0.25, 0.3) is 0 Å². The molecule has 0 spiro atoms. The first-order chi connectivity index (χ1) is 8.78. The molecular weight excluding hydrogens is 252 g/mol. The number of rotatable bonds is 6. The van der Waals surface area contributed by atoms with E-state index in [9.17, 15) is 0 Å². The number of benzene rings is 1. The minimum atomic E-state index is 0.418. The number of aromatic nitrogens is 3. The van der Waals surface area contributed by atoms with Crippen LogP contribution in [0.3, 0.4) is 0 Å². The first-order valence-electron chi connectivity index (χ1n) is 5.75. The fraction of sp³-hybridized carbons (Fsp3) is 0.333. The molecule has 0 saturated carbocycles. The van der Waals surface area contributed by atoms with Gasteiger partial charge >= 0.3 is 0 Å². The second kappa shape index (κ2) is 6.37. The van der Waals surface area contributed by atoms with Gasteiger partial charge in [0.15, 0.2) is 0 Å². The van der Waals surface area contributed by atoms with Gasteiger partial charge in [0.05, 0.1) is 12.3 Å². The Hall–Kier alpha value is -1.59. The quantitative estimate of drug-likeness (QED) is 0.811. The van der Waals surface area contributed by atoms with E-state index in [4.69, 9.17) is 22.1 Å². The van der Waals surface area contributed by atoms with Crippen LogP contribution in [0, 0.1) is 0 Å². The van der Waals surface area contributed by atoms with Crippen LogP contribution < -0.4 is 10.5 Å². The molecule has 18 heavy (non-hydrogen) atoms. The zero-order valence-corrected chi connectivity index (χ0v) is 10.7. The summed E-state index contributed by atoms with van der Waals surface area (Å²) in [6.45, 7) is 1.81. The molecule has 0 atom stereocenters. The molecule has 0 aliphatic rings. The molecule has 2 rings (SSSR count). The van der Waals surface area contributed by atoms with Crippen molar-refractivity contribution >= 4 is 11.6 Å². The Morgan fingerprint density at radius 3 is 2.72 bits per heavy atom. The fourth-order valence-electron chi connectivity index (χ4n) is 1.49. The van der Waals surface area contributed by atoms with Crippen LogP contribution >= 0.6 is 11.6 Å². The maximum Gasteiger partial charge on any atom is 0.119 e. The summed E-state index contributed by atoms with van der Waals surface area (Å²) in [5.41, 5.74) is 6.25. The highest BCUT2D eigenvalue weighted by Gasteiger charge is 1.99. The minimum Gasteiger partial charge on any atom is -0.494 e. The number of aryl methyl sites for hydroxylation is 1. The van der Waals surface area contributed by atoms with Crippen molar-refractivity contribution < 1.29 is 4.74 Å². The number of nitrogens with two attached hydrogens (primary N) is 1. The van der Waals surface area contributed by atoms with Gasteiger partial charge in [-0.05, 0) is 24.3 Å². The monoisotopic (exact) mass is 266 g/mol. The topological polar surface area (TPSA) is 66.0 Å². The van der Waals surface area contributed by atoms with Crippen molar-refractivity contribution in [3.63, 3.8) is 0 Å². The molecule has 96 valence electrons. The first-order valence-corrected chi connectivity index (χ1v) is 6.13. The molecule has 0 radical (unpaired) electrons. The minimum absolute atomic E-state index is 0.418. The smallest absolute Gasteiger partial charge is 0.119 e. The Bertz CT molecular complexity index is 483. The number of hydrogen-bond acceptors (Lipinski definition) is 4. The van der Waals surface area contributed by atoms with Gasteiger partial charge in [0.2, 0.25) is 0 Å². The molecule has 0 amide bonds. The van der Waals surface area contributed by atoms with E-state index in [2.05, 4.69) is 10.3 Å². The second-order valence-corrected chi connectivity index (χ2v) is 4.27. The SMILES string of the molecule is NCc1cn(CCCOc2ccc(Cl)cc2)nn1. The van der Waals surface area contributed by atoms with E-state index in [1.807, 2.05) is 30.5 Å². The largest absolute Gasteiger partial charge is 0.494 e. The molecule has 0 aliphatic heterocycles. The average Bonchev–Trinajstić information content (AvgIpc) is 2.85. The van der Waals surface area contributed by atoms with E-state index >= 15 is 0 Å². The summed E-state index contributed by atoms with van der Waals surface area (Å²) < 4.78 is 7.34. The molecule has 0 aliphatic carbocycles. The predicted octanol–water partition coefficient (Wildman–Crippen LogP) is 1.86. The van der Waals surface area contributed by atoms with Gasteiger partial charge in [-0.25, -0.2) is 0 Å². The molecule has 1 aromatic heterocycles. The van der Waals surface area contributed by atoms with Crippen molar-refractivity contribution in [3.8, 4) is 5.75 Å². The van der Waals surface area contributed by atoms with Crippen molar-refractivity contribution in [1.82, 2.24) is 15.0 Å². The highest BCUT2D eigenvalue weighted by atomic mass is 35.5. The van der Waals surface area contributed by atoms with Crippen LogP contribution in [0.5, 0.6) is 5.75 Å². The predicted molar refractivity (Wildman–Crippen MR) is 69.5 cm³/mol. The maximum absolute atomic E-state index is 5.78. The standard InChI is InChI=1S/C12H15ClN4O/c13-10-2-4-12(5-3-10)18-7-1-6-17-9-11(8-14)15-16-17/h2-5,9H,1,6-8,14H2.